The second-order valence-corrected chi connectivity index (χ2v) is 18.1. The first kappa shape index (κ1) is 43.1. The number of hydrogen-bond donors (Lipinski definition) is 2. The Labute approximate surface area is 355 Å². The lowest BCUT2D eigenvalue weighted by Crippen LogP contribution is -2.39. The summed E-state index contributed by atoms with van der Waals surface area (Å²) in [5.41, 5.74) is 7.98. The molecule has 2 aromatic heterocycles. The van der Waals surface area contributed by atoms with E-state index in [9.17, 15) is 14.4 Å². The lowest BCUT2D eigenvalue weighted by atomic mass is 9.89. The van der Waals surface area contributed by atoms with Gasteiger partial charge in [0.05, 0.1) is 59.7 Å². The van der Waals surface area contributed by atoms with Gasteiger partial charge in [0.25, 0.3) is 0 Å². The van der Waals surface area contributed by atoms with Crippen LogP contribution in [0.3, 0.4) is 0 Å². The van der Waals surface area contributed by atoms with E-state index < -0.39 is 5.92 Å². The third-order valence-corrected chi connectivity index (χ3v) is 13.5. The van der Waals surface area contributed by atoms with Gasteiger partial charge in [-0.3, -0.25) is 14.4 Å². The minimum absolute atomic E-state index is 0.00229. The molecular weight excluding hydrogens is 753 g/mol. The first-order valence-electron chi connectivity index (χ1n) is 22.1. The van der Waals surface area contributed by atoms with E-state index in [1.54, 1.807) is 7.11 Å². The van der Waals surface area contributed by atoms with E-state index in [0.717, 1.165) is 88.2 Å². The fraction of sp³-hybridized carbons (Fsp3) is 0.531. The van der Waals surface area contributed by atoms with Gasteiger partial charge in [-0.1, -0.05) is 90.8 Å². The number of imidazole rings is 2. The minimum atomic E-state index is -0.444. The molecule has 7 atom stereocenters. The Morgan fingerprint density at radius 1 is 0.667 bits per heavy atom. The van der Waals surface area contributed by atoms with Crippen LogP contribution in [0.5, 0.6) is 0 Å². The van der Waals surface area contributed by atoms with Crippen molar-refractivity contribution in [3.05, 3.63) is 72.3 Å². The van der Waals surface area contributed by atoms with Gasteiger partial charge in [-0.15, -0.1) is 0 Å². The number of ether oxygens (including phenoxy) is 2. The molecule has 4 heterocycles. The molecule has 0 bridgehead atoms. The number of esters is 1. The van der Waals surface area contributed by atoms with E-state index in [1.807, 2.05) is 31.7 Å². The number of rotatable bonds is 15. The Hall–Kier alpha value is -5.03. The maximum Gasteiger partial charge on any atom is 0.306 e. The zero-order valence-corrected chi connectivity index (χ0v) is 37.0. The van der Waals surface area contributed by atoms with Gasteiger partial charge >= 0.3 is 5.97 Å². The van der Waals surface area contributed by atoms with Gasteiger partial charge < -0.3 is 29.2 Å². The van der Waals surface area contributed by atoms with Crippen LogP contribution >= 0.6 is 0 Å². The number of carbonyl (C=O) groups is 3. The summed E-state index contributed by atoms with van der Waals surface area (Å²) in [7, 11) is 3.08. The van der Waals surface area contributed by atoms with Crippen LogP contribution in [0.1, 0.15) is 111 Å². The summed E-state index contributed by atoms with van der Waals surface area (Å²) in [6.07, 6.45) is 4.53. The third-order valence-electron chi connectivity index (χ3n) is 13.5. The maximum absolute atomic E-state index is 14.1. The predicted octanol–water partition coefficient (Wildman–Crippen LogP) is 9.90. The smallest absolute Gasteiger partial charge is 0.306 e. The van der Waals surface area contributed by atoms with Crippen LogP contribution in [0, 0.1) is 35.5 Å². The Morgan fingerprint density at radius 2 is 1.10 bits per heavy atom. The largest absolute Gasteiger partial charge is 0.469 e. The summed E-state index contributed by atoms with van der Waals surface area (Å²) in [4.78, 5) is 61.6. The standard InChI is InChI=1S/C49H64N6O5/c1-10-31-21-43(54(26-31)48(57)37(28(3)4)20-30(7)59-8)46-50-39-18-16-35(23-41(39)52-46)33-12-14-34(15-13-33)36-17-19-40-42(24-36)53-47(51-40)44-22-32(11-2)27-55(44)49(58)38(29(5)6)25-45(56)60-9/h12-19,23-24,28-32,37-38,43-44H,10-11,20-22,25-27H2,1-9H3,(H,50,52)(H,51,53)/t30?,31-,32-,37-,38-,43-,44-/m0/s1. The van der Waals surface area contributed by atoms with Crippen LogP contribution in [0.4, 0.5) is 0 Å². The highest BCUT2D eigenvalue weighted by Crippen LogP contribution is 2.41. The quantitative estimate of drug-likeness (QED) is 0.101. The summed E-state index contributed by atoms with van der Waals surface area (Å²) in [6, 6.07) is 21.0. The number of likely N-dealkylation sites (tertiary alicyclic amines) is 2. The number of hydrogen-bond acceptors (Lipinski definition) is 7. The average Bonchev–Trinajstić information content (AvgIpc) is 4.07. The summed E-state index contributed by atoms with van der Waals surface area (Å²) < 4.78 is 10.5. The zero-order chi connectivity index (χ0) is 42.8. The number of carbonyl (C=O) groups excluding carboxylic acids is 3. The summed E-state index contributed by atoms with van der Waals surface area (Å²) >= 11 is 0. The molecule has 60 heavy (non-hydrogen) atoms. The first-order valence-corrected chi connectivity index (χ1v) is 22.1. The molecule has 3 aromatic carbocycles. The summed E-state index contributed by atoms with van der Waals surface area (Å²) in [6.45, 7) is 16.1. The van der Waals surface area contributed by atoms with Crippen LogP contribution in [-0.2, 0) is 23.9 Å². The van der Waals surface area contributed by atoms with Crippen molar-refractivity contribution in [2.45, 2.75) is 105 Å². The van der Waals surface area contributed by atoms with E-state index in [-0.39, 0.29) is 60.1 Å². The SMILES string of the molecule is CC[C@H]1C[C@@H](c2nc3ccc(-c4ccc(-c5ccc6nc([C@@H]7C[C@H](CC)CN7C(=O)[C@@H](CC(C)OC)C(C)C)[nH]c6c5)cc4)cc3[nH]2)N(C(=O)[C@@H](CC(=O)OC)C(C)C)C1. The summed E-state index contributed by atoms with van der Waals surface area (Å²) in [5.74, 6) is 1.95. The van der Waals surface area contributed by atoms with Gasteiger partial charge in [-0.2, -0.15) is 0 Å². The van der Waals surface area contributed by atoms with Crippen molar-refractivity contribution in [2.24, 2.45) is 35.5 Å². The number of aromatic amines is 2. The molecular formula is C49H64N6O5. The Morgan fingerprint density at radius 3 is 1.50 bits per heavy atom. The molecule has 11 heteroatoms. The molecule has 2 N–H and O–H groups in total. The maximum atomic E-state index is 14.1. The second-order valence-electron chi connectivity index (χ2n) is 18.1. The van der Waals surface area contributed by atoms with Crippen LogP contribution in [0.15, 0.2) is 60.7 Å². The van der Waals surface area contributed by atoms with Gasteiger partial charge in [-0.25, -0.2) is 9.97 Å². The number of aromatic nitrogens is 4. The van der Waals surface area contributed by atoms with Gasteiger partial charge in [-0.05, 0) is 96.4 Å². The molecule has 2 fully saturated rings. The number of H-pyrrole nitrogens is 2. The second kappa shape index (κ2) is 18.3. The molecule has 5 aromatic rings. The van der Waals surface area contributed by atoms with Crippen LogP contribution in [-0.4, -0.2) is 80.9 Å². The molecule has 0 aliphatic carbocycles. The normalized spacial score (nSPS) is 21.1. The van der Waals surface area contributed by atoms with Crippen molar-refractivity contribution < 1.29 is 23.9 Å². The highest BCUT2D eigenvalue weighted by Gasteiger charge is 2.42. The highest BCUT2D eigenvalue weighted by atomic mass is 16.5. The lowest BCUT2D eigenvalue weighted by Gasteiger charge is -2.31. The zero-order valence-electron chi connectivity index (χ0n) is 37.0. The molecule has 2 saturated heterocycles. The Balaban J connectivity index is 1.09. The van der Waals surface area contributed by atoms with Crippen molar-refractivity contribution in [3.8, 4) is 22.3 Å². The molecule has 2 aliphatic rings. The fourth-order valence-corrected chi connectivity index (χ4v) is 9.44. The number of nitrogens with one attached hydrogen (secondary N) is 2. The third kappa shape index (κ3) is 8.87. The number of methoxy groups -OCH3 is 2. The summed E-state index contributed by atoms with van der Waals surface area (Å²) in [5, 5.41) is 0. The van der Waals surface area contributed by atoms with Crippen molar-refractivity contribution in [3.63, 3.8) is 0 Å². The Bertz CT molecular complexity index is 2290. The van der Waals surface area contributed by atoms with Crippen molar-refractivity contribution in [2.75, 3.05) is 27.3 Å². The van der Waals surface area contributed by atoms with E-state index in [4.69, 9.17) is 19.4 Å². The average molecular weight is 817 g/mol. The molecule has 0 spiro atoms. The van der Waals surface area contributed by atoms with Crippen LogP contribution < -0.4 is 0 Å². The van der Waals surface area contributed by atoms with Crippen molar-refractivity contribution in [1.82, 2.24) is 29.7 Å². The van der Waals surface area contributed by atoms with Gasteiger partial charge in [0.15, 0.2) is 0 Å². The minimum Gasteiger partial charge on any atom is -0.469 e. The van der Waals surface area contributed by atoms with E-state index in [0.29, 0.717) is 24.8 Å². The fourth-order valence-electron chi connectivity index (χ4n) is 9.44. The molecule has 2 aliphatic heterocycles. The molecule has 320 valence electrons. The first-order chi connectivity index (χ1) is 28.8. The van der Waals surface area contributed by atoms with Crippen LogP contribution in [0.25, 0.3) is 44.3 Å². The molecule has 2 amide bonds. The predicted molar refractivity (Wildman–Crippen MR) is 237 cm³/mol. The number of benzene rings is 3. The molecule has 7 rings (SSSR count). The molecule has 0 saturated carbocycles. The van der Waals surface area contributed by atoms with Gasteiger partial charge in [0, 0.05) is 26.1 Å². The number of nitrogens with zero attached hydrogens (tertiary/aromatic N) is 4. The van der Waals surface area contributed by atoms with E-state index in [1.165, 1.54) is 7.11 Å². The number of fused-ring (bicyclic) bond motifs is 2. The monoisotopic (exact) mass is 816 g/mol. The van der Waals surface area contributed by atoms with Crippen molar-refractivity contribution in [1.29, 1.82) is 0 Å². The van der Waals surface area contributed by atoms with Gasteiger partial charge in [0.2, 0.25) is 11.8 Å². The molecule has 1 unspecified atom stereocenters. The lowest BCUT2D eigenvalue weighted by molar-refractivity contribution is -0.148. The van der Waals surface area contributed by atoms with Gasteiger partial charge in [0.1, 0.15) is 11.6 Å². The molecule has 0 radical (unpaired) electrons. The van der Waals surface area contributed by atoms with E-state index >= 15 is 0 Å². The highest BCUT2D eigenvalue weighted by molar-refractivity contribution is 5.87. The van der Waals surface area contributed by atoms with Crippen molar-refractivity contribution >= 4 is 39.9 Å². The Kier molecular flexibility index (Phi) is 13.1. The molecule has 11 nitrogen and oxygen atoms in total. The van der Waals surface area contributed by atoms with Crippen LogP contribution in [0.2, 0.25) is 0 Å². The number of amides is 2. The van der Waals surface area contributed by atoms with E-state index in [2.05, 4.69) is 97.2 Å². The topological polar surface area (TPSA) is 134 Å².